The first-order chi connectivity index (χ1) is 14.2. The number of fused-ring (bicyclic) bond motifs is 1. The summed E-state index contributed by atoms with van der Waals surface area (Å²) in [5.41, 5.74) is 4.40. The second-order valence-corrected chi connectivity index (χ2v) is 8.50. The Morgan fingerprint density at radius 3 is 2.40 bits per heavy atom. The molecule has 0 bridgehead atoms. The van der Waals surface area contributed by atoms with Crippen LogP contribution in [0.2, 0.25) is 5.02 Å². The number of carbonyl (C=O) groups is 1. The normalized spacial score (nSPS) is 13.3. The number of carboxylic acid groups (broad SMARTS) is 1. The van der Waals surface area contributed by atoms with Gasteiger partial charge in [0.2, 0.25) is 0 Å². The van der Waals surface area contributed by atoms with E-state index in [0.29, 0.717) is 15.8 Å². The third-order valence-electron chi connectivity index (χ3n) is 5.82. The van der Waals surface area contributed by atoms with Gasteiger partial charge in [0.05, 0.1) is 23.6 Å². The van der Waals surface area contributed by atoms with Crippen molar-refractivity contribution in [1.82, 2.24) is 4.57 Å². The van der Waals surface area contributed by atoms with Gasteiger partial charge in [-0.25, -0.2) is 0 Å². The zero-order valence-electron chi connectivity index (χ0n) is 17.8. The van der Waals surface area contributed by atoms with Crippen molar-refractivity contribution in [1.29, 1.82) is 0 Å². The number of thiocarbonyl (C=S) groups is 1. The summed E-state index contributed by atoms with van der Waals surface area (Å²) in [6.45, 7) is 7.92. The van der Waals surface area contributed by atoms with Gasteiger partial charge in [0.15, 0.2) is 0 Å². The molecule has 0 spiro atoms. The monoisotopic (exact) mass is 443 g/mol. The Balaban J connectivity index is 2.36. The van der Waals surface area contributed by atoms with Crippen LogP contribution in [0.3, 0.4) is 0 Å². The molecule has 0 amide bonds. The van der Waals surface area contributed by atoms with Crippen molar-refractivity contribution in [2.24, 2.45) is 5.92 Å². The first-order valence-electron chi connectivity index (χ1n) is 9.93. The minimum Gasteiger partial charge on any atom is -0.495 e. The Bertz CT molecular complexity index is 1120. The van der Waals surface area contributed by atoms with Gasteiger partial charge < -0.3 is 14.4 Å². The largest absolute Gasteiger partial charge is 0.495 e. The van der Waals surface area contributed by atoms with Gasteiger partial charge in [0.25, 0.3) is 0 Å². The Morgan fingerprint density at radius 2 is 1.87 bits per heavy atom. The molecule has 0 aliphatic heterocycles. The summed E-state index contributed by atoms with van der Waals surface area (Å²) in [5, 5.41) is 11.3. The number of methoxy groups -OCH3 is 1. The van der Waals surface area contributed by atoms with E-state index in [-0.39, 0.29) is 5.92 Å². The number of aryl methyl sites for hydroxylation is 1. The van der Waals surface area contributed by atoms with Crippen molar-refractivity contribution in [3.05, 3.63) is 63.8 Å². The third-order valence-corrected chi connectivity index (χ3v) is 6.53. The highest BCUT2D eigenvalue weighted by Gasteiger charge is 2.32. The van der Waals surface area contributed by atoms with E-state index < -0.39 is 11.9 Å². The molecular weight excluding hydrogens is 418 g/mol. The molecule has 3 rings (SSSR count). The minimum atomic E-state index is -0.846. The topological polar surface area (TPSA) is 51.5 Å². The molecule has 6 heteroatoms. The second-order valence-electron chi connectivity index (χ2n) is 7.71. The van der Waals surface area contributed by atoms with Crippen LogP contribution in [0.25, 0.3) is 10.9 Å². The van der Waals surface area contributed by atoms with Crippen LogP contribution in [-0.4, -0.2) is 27.7 Å². The Kier molecular flexibility index (Phi) is 6.53. The van der Waals surface area contributed by atoms with E-state index in [0.717, 1.165) is 39.7 Å². The lowest BCUT2D eigenvalue weighted by molar-refractivity contribution is -0.140. The van der Waals surface area contributed by atoms with Gasteiger partial charge in [-0.2, -0.15) is 0 Å². The van der Waals surface area contributed by atoms with Crippen molar-refractivity contribution in [2.45, 2.75) is 40.0 Å². The molecule has 0 aliphatic rings. The van der Waals surface area contributed by atoms with E-state index in [4.69, 9.17) is 28.6 Å². The zero-order chi connectivity index (χ0) is 22.2. The van der Waals surface area contributed by atoms with Crippen molar-refractivity contribution < 1.29 is 14.6 Å². The fourth-order valence-corrected chi connectivity index (χ4v) is 4.57. The third kappa shape index (κ3) is 3.84. The molecule has 3 aromatic rings. The molecule has 1 aromatic heterocycles. The number of halogens is 1. The summed E-state index contributed by atoms with van der Waals surface area (Å²) in [4.78, 5) is 12.9. The molecule has 30 heavy (non-hydrogen) atoms. The number of aliphatic carboxylic acids is 1. The van der Waals surface area contributed by atoms with Crippen molar-refractivity contribution in [2.75, 3.05) is 7.11 Å². The molecule has 1 N–H and O–H groups in total. The van der Waals surface area contributed by atoms with Gasteiger partial charge in [-0.1, -0.05) is 73.9 Å². The molecular formula is C24H26ClNO3S. The van der Waals surface area contributed by atoms with Crippen LogP contribution >= 0.6 is 23.8 Å². The molecule has 1 heterocycles. The summed E-state index contributed by atoms with van der Waals surface area (Å²) < 4.78 is 7.36. The summed E-state index contributed by atoms with van der Waals surface area (Å²) in [6, 6.07) is 11.6. The Hall–Kier alpha value is -2.37. The highest BCUT2D eigenvalue weighted by atomic mass is 35.5. The predicted octanol–water partition coefficient (Wildman–Crippen LogP) is 6.36. The molecule has 0 saturated carbocycles. The van der Waals surface area contributed by atoms with Crippen LogP contribution in [0, 0.1) is 19.8 Å². The SMILES string of the molecule is CCC(C)C(C(=O)O)c1c(C)n(C(=S)c2ccc(C)cc2)c2cc(Cl)c(OC)cc12. The molecule has 2 unspecified atom stereocenters. The lowest BCUT2D eigenvalue weighted by atomic mass is 9.84. The average molecular weight is 444 g/mol. The number of ether oxygens (including phenoxy) is 1. The first kappa shape index (κ1) is 22.3. The summed E-state index contributed by atoms with van der Waals surface area (Å²) >= 11 is 12.3. The molecule has 0 aliphatic carbocycles. The second kappa shape index (κ2) is 8.78. The predicted molar refractivity (Wildman–Crippen MR) is 126 cm³/mol. The molecule has 158 valence electrons. The number of carboxylic acids is 1. The highest BCUT2D eigenvalue weighted by Crippen LogP contribution is 2.41. The summed E-state index contributed by atoms with van der Waals surface area (Å²) in [5.74, 6) is -1.04. The van der Waals surface area contributed by atoms with Crippen molar-refractivity contribution in [3.8, 4) is 5.75 Å². The van der Waals surface area contributed by atoms with Crippen LogP contribution in [0.15, 0.2) is 36.4 Å². The maximum atomic E-state index is 12.3. The quantitative estimate of drug-likeness (QED) is 0.450. The summed E-state index contributed by atoms with van der Waals surface area (Å²) in [7, 11) is 1.55. The lowest BCUT2D eigenvalue weighted by Crippen LogP contribution is -2.21. The number of aromatic nitrogens is 1. The maximum Gasteiger partial charge on any atom is 0.311 e. The molecule has 2 aromatic carbocycles. The number of rotatable bonds is 6. The van der Waals surface area contributed by atoms with Crippen LogP contribution in [-0.2, 0) is 4.79 Å². The molecule has 0 fully saturated rings. The molecule has 4 nitrogen and oxygen atoms in total. The number of benzene rings is 2. The maximum absolute atomic E-state index is 12.3. The highest BCUT2D eigenvalue weighted by molar-refractivity contribution is 7.80. The van der Waals surface area contributed by atoms with Gasteiger partial charge in [-0.05, 0) is 37.5 Å². The minimum absolute atomic E-state index is 0.0464. The summed E-state index contributed by atoms with van der Waals surface area (Å²) in [6.07, 6.45) is 0.746. The van der Waals surface area contributed by atoms with E-state index in [1.807, 2.05) is 68.7 Å². The van der Waals surface area contributed by atoms with Crippen molar-refractivity contribution in [3.63, 3.8) is 0 Å². The zero-order valence-corrected chi connectivity index (χ0v) is 19.4. The number of hydrogen-bond donors (Lipinski definition) is 1. The van der Waals surface area contributed by atoms with E-state index in [1.165, 1.54) is 0 Å². The standard InChI is InChI=1S/C24H26ClNO3S/c1-6-14(3)21(24(27)28)22-15(4)26(23(30)16-9-7-13(2)8-10-16)19-12-18(25)20(29-5)11-17(19)22/h7-12,14,21H,6H2,1-5H3,(H,27,28). The molecule has 0 radical (unpaired) electrons. The molecule has 2 atom stereocenters. The van der Waals surface area contributed by atoms with Gasteiger partial charge in [0.1, 0.15) is 10.7 Å². The van der Waals surface area contributed by atoms with Gasteiger partial charge >= 0.3 is 5.97 Å². The van der Waals surface area contributed by atoms with E-state index in [9.17, 15) is 9.90 Å². The first-order valence-corrected chi connectivity index (χ1v) is 10.7. The van der Waals surface area contributed by atoms with E-state index in [2.05, 4.69) is 0 Å². The van der Waals surface area contributed by atoms with Crippen LogP contribution < -0.4 is 4.74 Å². The average Bonchev–Trinajstić information content (AvgIpc) is 2.98. The smallest absolute Gasteiger partial charge is 0.311 e. The number of hydrogen-bond acceptors (Lipinski definition) is 3. The fourth-order valence-electron chi connectivity index (χ4n) is 3.96. The van der Waals surface area contributed by atoms with Gasteiger partial charge in [0, 0.05) is 16.6 Å². The van der Waals surface area contributed by atoms with Gasteiger partial charge in [-0.15, -0.1) is 0 Å². The molecule has 0 saturated heterocycles. The van der Waals surface area contributed by atoms with Crippen LogP contribution in [0.5, 0.6) is 5.75 Å². The Labute approximate surface area is 187 Å². The van der Waals surface area contributed by atoms with Crippen LogP contribution in [0.1, 0.15) is 48.6 Å². The lowest BCUT2D eigenvalue weighted by Gasteiger charge is -2.20. The number of nitrogens with zero attached hydrogens (tertiary/aromatic N) is 1. The van der Waals surface area contributed by atoms with Crippen molar-refractivity contribution >= 4 is 45.7 Å². The van der Waals surface area contributed by atoms with Gasteiger partial charge in [-0.3, -0.25) is 4.79 Å². The van der Waals surface area contributed by atoms with Crippen LogP contribution in [0.4, 0.5) is 0 Å². The van der Waals surface area contributed by atoms with E-state index in [1.54, 1.807) is 7.11 Å². The Morgan fingerprint density at radius 1 is 1.23 bits per heavy atom. The van der Waals surface area contributed by atoms with E-state index >= 15 is 0 Å². The fraction of sp³-hybridized carbons (Fsp3) is 0.333.